The van der Waals surface area contributed by atoms with Crippen molar-refractivity contribution >= 4 is 43.7 Å². The zero-order valence-corrected chi connectivity index (χ0v) is 14.8. The SMILES string of the molecule is C[C@]1(NC(=O)COC(=O)/C=C/c2ccc(Br)o2)CCS(=O)(=O)C1. The predicted octanol–water partition coefficient (Wildman–Crippen LogP) is 1.29. The number of sulfone groups is 1. The van der Waals surface area contributed by atoms with Gasteiger partial charge in [0, 0.05) is 6.08 Å². The summed E-state index contributed by atoms with van der Waals surface area (Å²) in [6.45, 7) is 1.19. The number of carbonyl (C=O) groups excluding carboxylic acids is 2. The molecule has 0 unspecified atom stereocenters. The van der Waals surface area contributed by atoms with Gasteiger partial charge in [0.15, 0.2) is 21.1 Å². The van der Waals surface area contributed by atoms with Crippen LogP contribution in [0.4, 0.5) is 0 Å². The molecule has 1 aromatic rings. The first kappa shape index (κ1) is 17.7. The lowest BCUT2D eigenvalue weighted by atomic mass is 10.0. The van der Waals surface area contributed by atoms with Gasteiger partial charge in [-0.15, -0.1) is 0 Å². The first-order chi connectivity index (χ1) is 10.7. The fourth-order valence-electron chi connectivity index (χ4n) is 2.23. The molecular weight excluding hydrogens is 390 g/mol. The average molecular weight is 406 g/mol. The lowest BCUT2D eigenvalue weighted by Gasteiger charge is -2.23. The molecule has 1 atom stereocenters. The number of rotatable bonds is 5. The van der Waals surface area contributed by atoms with Crippen molar-refractivity contribution in [2.24, 2.45) is 0 Å². The summed E-state index contributed by atoms with van der Waals surface area (Å²) in [4.78, 5) is 23.3. The maximum absolute atomic E-state index is 11.8. The minimum atomic E-state index is -3.12. The van der Waals surface area contributed by atoms with E-state index in [0.717, 1.165) is 6.08 Å². The highest BCUT2D eigenvalue weighted by Crippen LogP contribution is 2.22. The number of hydrogen-bond donors (Lipinski definition) is 1. The molecule has 2 rings (SSSR count). The van der Waals surface area contributed by atoms with E-state index in [1.54, 1.807) is 19.1 Å². The summed E-state index contributed by atoms with van der Waals surface area (Å²) in [5.74, 6) is -0.830. The van der Waals surface area contributed by atoms with Crippen LogP contribution in [-0.4, -0.2) is 43.9 Å². The zero-order chi connectivity index (χ0) is 17.1. The molecule has 1 fully saturated rings. The first-order valence-corrected chi connectivity index (χ1v) is 9.41. The quantitative estimate of drug-likeness (QED) is 0.584. The number of halogens is 1. The minimum absolute atomic E-state index is 0.0466. The first-order valence-electron chi connectivity index (χ1n) is 6.79. The third kappa shape index (κ3) is 5.51. The number of hydrogen-bond acceptors (Lipinski definition) is 6. The van der Waals surface area contributed by atoms with Crippen molar-refractivity contribution in [3.8, 4) is 0 Å². The van der Waals surface area contributed by atoms with E-state index in [1.807, 2.05) is 0 Å². The second-order valence-corrected chi connectivity index (χ2v) is 8.50. The summed E-state index contributed by atoms with van der Waals surface area (Å²) in [6.07, 6.45) is 2.90. The molecule has 1 aromatic heterocycles. The van der Waals surface area contributed by atoms with Crippen LogP contribution in [0.2, 0.25) is 0 Å². The molecule has 23 heavy (non-hydrogen) atoms. The molecule has 1 N–H and O–H groups in total. The molecule has 0 radical (unpaired) electrons. The fraction of sp³-hybridized carbons (Fsp3) is 0.429. The van der Waals surface area contributed by atoms with Gasteiger partial charge in [0.1, 0.15) is 5.76 Å². The number of nitrogens with one attached hydrogen (secondary N) is 1. The Kier molecular flexibility index (Phi) is 5.30. The second-order valence-electron chi connectivity index (χ2n) is 5.53. The Morgan fingerprint density at radius 3 is 2.78 bits per heavy atom. The number of esters is 1. The van der Waals surface area contributed by atoms with Crippen molar-refractivity contribution in [3.63, 3.8) is 0 Å². The topological polar surface area (TPSA) is 103 Å². The summed E-state index contributed by atoms with van der Waals surface area (Å²) in [6, 6.07) is 3.33. The van der Waals surface area contributed by atoms with Crippen LogP contribution in [0.25, 0.3) is 6.08 Å². The van der Waals surface area contributed by atoms with Crippen LogP contribution in [-0.2, 0) is 24.2 Å². The van der Waals surface area contributed by atoms with E-state index in [9.17, 15) is 18.0 Å². The van der Waals surface area contributed by atoms with Crippen molar-refractivity contribution in [3.05, 3.63) is 28.6 Å². The van der Waals surface area contributed by atoms with E-state index in [1.165, 1.54) is 6.08 Å². The number of carbonyl (C=O) groups is 2. The Labute approximate surface area is 142 Å². The summed E-state index contributed by atoms with van der Waals surface area (Å²) in [5, 5.41) is 2.60. The zero-order valence-electron chi connectivity index (χ0n) is 12.4. The number of amides is 1. The third-order valence-corrected chi connectivity index (χ3v) is 5.60. The molecule has 2 heterocycles. The van der Waals surface area contributed by atoms with Crippen LogP contribution >= 0.6 is 15.9 Å². The lowest BCUT2D eigenvalue weighted by molar-refractivity contribution is -0.144. The van der Waals surface area contributed by atoms with Gasteiger partial charge in [0.2, 0.25) is 0 Å². The van der Waals surface area contributed by atoms with Crippen molar-refractivity contribution in [2.75, 3.05) is 18.1 Å². The molecule has 0 saturated carbocycles. The Bertz CT molecular complexity index is 738. The highest BCUT2D eigenvalue weighted by Gasteiger charge is 2.39. The number of furan rings is 1. The summed E-state index contributed by atoms with van der Waals surface area (Å²) in [5.41, 5.74) is -0.807. The van der Waals surface area contributed by atoms with E-state index in [-0.39, 0.29) is 11.5 Å². The standard InChI is InChI=1S/C14H16BrNO6S/c1-14(6-7-23(19,20)9-14)16-12(17)8-21-13(18)5-3-10-2-4-11(15)22-10/h2-5H,6-9H2,1H3,(H,16,17)/b5-3+/t14-/m0/s1. The lowest BCUT2D eigenvalue weighted by Crippen LogP contribution is -2.48. The van der Waals surface area contributed by atoms with Crippen molar-refractivity contribution in [1.29, 1.82) is 0 Å². The smallest absolute Gasteiger partial charge is 0.331 e. The minimum Gasteiger partial charge on any atom is -0.452 e. The van der Waals surface area contributed by atoms with Crippen LogP contribution in [0.5, 0.6) is 0 Å². The monoisotopic (exact) mass is 405 g/mol. The van der Waals surface area contributed by atoms with Crippen molar-refractivity contribution < 1.29 is 27.2 Å². The molecule has 0 spiro atoms. The molecule has 1 saturated heterocycles. The van der Waals surface area contributed by atoms with Gasteiger partial charge in [0.05, 0.1) is 17.0 Å². The van der Waals surface area contributed by atoms with Crippen LogP contribution in [0.1, 0.15) is 19.1 Å². The van der Waals surface area contributed by atoms with Crippen LogP contribution in [0, 0.1) is 0 Å². The summed E-state index contributed by atoms with van der Waals surface area (Å²) >= 11 is 3.13. The van der Waals surface area contributed by atoms with E-state index < -0.39 is 33.9 Å². The van der Waals surface area contributed by atoms with Gasteiger partial charge in [0.25, 0.3) is 5.91 Å². The number of ether oxygens (including phenoxy) is 1. The summed E-state index contributed by atoms with van der Waals surface area (Å²) < 4.78 is 33.4. The summed E-state index contributed by atoms with van der Waals surface area (Å²) in [7, 11) is -3.12. The van der Waals surface area contributed by atoms with Gasteiger partial charge < -0.3 is 14.5 Å². The molecule has 1 aliphatic rings. The van der Waals surface area contributed by atoms with Crippen molar-refractivity contribution in [2.45, 2.75) is 18.9 Å². The molecule has 0 aromatic carbocycles. The average Bonchev–Trinajstić information content (AvgIpc) is 2.97. The highest BCUT2D eigenvalue weighted by atomic mass is 79.9. The van der Waals surface area contributed by atoms with Crippen LogP contribution < -0.4 is 5.32 Å². The van der Waals surface area contributed by atoms with Gasteiger partial charge in [-0.05, 0) is 47.5 Å². The van der Waals surface area contributed by atoms with Gasteiger partial charge in [-0.2, -0.15) is 0 Å². The molecule has 0 bridgehead atoms. The van der Waals surface area contributed by atoms with Gasteiger partial charge in [-0.3, -0.25) is 4.79 Å². The largest absolute Gasteiger partial charge is 0.452 e. The van der Waals surface area contributed by atoms with E-state index in [2.05, 4.69) is 21.2 Å². The normalized spacial score (nSPS) is 23.0. The van der Waals surface area contributed by atoms with E-state index in [0.29, 0.717) is 16.9 Å². The Morgan fingerprint density at radius 1 is 1.48 bits per heavy atom. The Hall–Kier alpha value is -1.61. The predicted molar refractivity (Wildman–Crippen MR) is 86.2 cm³/mol. The molecule has 126 valence electrons. The van der Waals surface area contributed by atoms with E-state index >= 15 is 0 Å². The maximum Gasteiger partial charge on any atom is 0.331 e. The molecule has 1 aliphatic heterocycles. The fourth-order valence-corrected chi connectivity index (χ4v) is 4.65. The van der Waals surface area contributed by atoms with Gasteiger partial charge in [-0.25, -0.2) is 13.2 Å². The molecule has 7 nitrogen and oxygen atoms in total. The Balaban J connectivity index is 1.78. The van der Waals surface area contributed by atoms with Gasteiger partial charge >= 0.3 is 5.97 Å². The van der Waals surface area contributed by atoms with Crippen LogP contribution in [0.15, 0.2) is 27.3 Å². The molecular formula is C14H16BrNO6S. The molecule has 9 heteroatoms. The van der Waals surface area contributed by atoms with Crippen molar-refractivity contribution in [1.82, 2.24) is 5.32 Å². The molecule has 0 aliphatic carbocycles. The second kappa shape index (κ2) is 6.88. The highest BCUT2D eigenvalue weighted by molar-refractivity contribution is 9.10. The van der Waals surface area contributed by atoms with Crippen LogP contribution in [0.3, 0.4) is 0 Å². The molecule has 1 amide bonds. The van der Waals surface area contributed by atoms with Gasteiger partial charge in [-0.1, -0.05) is 0 Å². The van der Waals surface area contributed by atoms with E-state index in [4.69, 9.17) is 9.15 Å². The maximum atomic E-state index is 11.8. The third-order valence-electron chi connectivity index (χ3n) is 3.27. The Morgan fingerprint density at radius 2 is 2.22 bits per heavy atom.